The highest BCUT2D eigenvalue weighted by Crippen LogP contribution is 2.18. The molecule has 0 spiro atoms. The van der Waals surface area contributed by atoms with Crippen molar-refractivity contribution in [3.8, 4) is 0 Å². The molecule has 1 heterocycles. The standard InChI is InChI=1S/C17H31N7O6/c1-9(13(26)23-11(16(29)30)4-2-6-21-17(19)20)22-14(27)12-5-3-7-24(12)15(28)10(18)8-25/h9-12,25H,2-8,18H2,1H3,(H,22,27)(H,23,26)(H,29,30)(H4,19,20,21). The molecule has 1 fully saturated rings. The lowest BCUT2D eigenvalue weighted by atomic mass is 10.1. The third-order valence-electron chi connectivity index (χ3n) is 4.66. The van der Waals surface area contributed by atoms with Crippen molar-refractivity contribution in [2.75, 3.05) is 19.7 Å². The van der Waals surface area contributed by atoms with Crippen LogP contribution < -0.4 is 27.8 Å². The van der Waals surface area contributed by atoms with E-state index < -0.39 is 54.5 Å². The fourth-order valence-corrected chi connectivity index (χ4v) is 3.03. The number of nitrogens with one attached hydrogen (secondary N) is 2. The van der Waals surface area contributed by atoms with E-state index in [-0.39, 0.29) is 18.9 Å². The number of likely N-dealkylation sites (tertiary alicyclic amines) is 1. The number of hydrogen-bond donors (Lipinski definition) is 7. The van der Waals surface area contributed by atoms with Gasteiger partial charge in [0.05, 0.1) is 6.61 Å². The molecular formula is C17H31N7O6. The Balaban J connectivity index is 2.62. The average molecular weight is 429 g/mol. The Labute approximate surface area is 174 Å². The molecule has 0 aromatic carbocycles. The summed E-state index contributed by atoms with van der Waals surface area (Å²) in [5, 5.41) is 23.2. The smallest absolute Gasteiger partial charge is 0.326 e. The molecule has 3 amide bonds. The molecule has 1 saturated heterocycles. The minimum absolute atomic E-state index is 0.0997. The Bertz CT molecular complexity index is 667. The molecule has 0 bridgehead atoms. The molecule has 1 aliphatic rings. The zero-order chi connectivity index (χ0) is 22.8. The van der Waals surface area contributed by atoms with Crippen LogP contribution in [-0.2, 0) is 19.2 Å². The number of carboxylic acid groups (broad SMARTS) is 1. The Kier molecular flexibility index (Phi) is 9.98. The van der Waals surface area contributed by atoms with Crippen LogP contribution in [0.2, 0.25) is 0 Å². The van der Waals surface area contributed by atoms with Crippen molar-refractivity contribution in [1.29, 1.82) is 0 Å². The summed E-state index contributed by atoms with van der Waals surface area (Å²) >= 11 is 0. The first kappa shape index (κ1) is 25.1. The minimum atomic E-state index is -1.22. The van der Waals surface area contributed by atoms with Gasteiger partial charge < -0.3 is 42.9 Å². The Morgan fingerprint density at radius 3 is 2.47 bits per heavy atom. The molecule has 4 unspecified atom stereocenters. The summed E-state index contributed by atoms with van der Waals surface area (Å²) in [5.74, 6) is -3.11. The molecular weight excluding hydrogens is 398 g/mol. The fourth-order valence-electron chi connectivity index (χ4n) is 3.03. The van der Waals surface area contributed by atoms with E-state index in [9.17, 15) is 24.3 Å². The fraction of sp³-hybridized carbons (Fsp3) is 0.706. The van der Waals surface area contributed by atoms with E-state index in [0.29, 0.717) is 25.8 Å². The van der Waals surface area contributed by atoms with Gasteiger partial charge in [-0.15, -0.1) is 0 Å². The average Bonchev–Trinajstić information content (AvgIpc) is 3.18. The maximum Gasteiger partial charge on any atom is 0.326 e. The number of carbonyl (C=O) groups excluding carboxylic acids is 3. The molecule has 0 saturated carbocycles. The van der Waals surface area contributed by atoms with Crippen molar-refractivity contribution < 1.29 is 29.4 Å². The van der Waals surface area contributed by atoms with Crippen molar-refractivity contribution in [2.45, 2.75) is 56.8 Å². The SMILES string of the molecule is CC(NC(=O)C1CCCN1C(=O)C(N)CO)C(=O)NC(CCCN=C(N)N)C(=O)O. The molecule has 170 valence electrons. The molecule has 10 N–H and O–H groups in total. The molecule has 4 atom stereocenters. The molecule has 1 aliphatic heterocycles. The Morgan fingerprint density at radius 1 is 1.23 bits per heavy atom. The number of amides is 3. The van der Waals surface area contributed by atoms with Crippen LogP contribution in [-0.4, -0.2) is 88.6 Å². The van der Waals surface area contributed by atoms with E-state index in [1.165, 1.54) is 11.8 Å². The summed E-state index contributed by atoms with van der Waals surface area (Å²) in [6.45, 7) is 1.41. The lowest BCUT2D eigenvalue weighted by Crippen LogP contribution is -2.56. The van der Waals surface area contributed by atoms with E-state index in [1.54, 1.807) is 0 Å². The van der Waals surface area contributed by atoms with Crippen molar-refractivity contribution in [1.82, 2.24) is 15.5 Å². The number of aliphatic imine (C=N–C) groups is 1. The highest BCUT2D eigenvalue weighted by molar-refractivity contribution is 5.94. The number of rotatable bonds is 11. The van der Waals surface area contributed by atoms with Crippen LogP contribution in [0.4, 0.5) is 0 Å². The quantitative estimate of drug-likeness (QED) is 0.0977. The molecule has 13 nitrogen and oxygen atoms in total. The van der Waals surface area contributed by atoms with Crippen molar-refractivity contribution >= 4 is 29.7 Å². The number of nitrogens with two attached hydrogens (primary N) is 3. The number of aliphatic hydroxyl groups is 1. The van der Waals surface area contributed by atoms with Crippen LogP contribution in [0.3, 0.4) is 0 Å². The topological polar surface area (TPSA) is 226 Å². The number of hydrogen-bond acceptors (Lipinski definition) is 7. The molecule has 1 rings (SSSR count). The van der Waals surface area contributed by atoms with Gasteiger partial charge in [0.1, 0.15) is 24.2 Å². The summed E-state index contributed by atoms with van der Waals surface area (Å²) in [4.78, 5) is 53.4. The summed E-state index contributed by atoms with van der Waals surface area (Å²) < 4.78 is 0. The molecule has 30 heavy (non-hydrogen) atoms. The minimum Gasteiger partial charge on any atom is -0.480 e. The first-order valence-electron chi connectivity index (χ1n) is 9.64. The number of carboxylic acids is 1. The van der Waals surface area contributed by atoms with Gasteiger partial charge in [-0.2, -0.15) is 0 Å². The third-order valence-corrected chi connectivity index (χ3v) is 4.66. The van der Waals surface area contributed by atoms with Crippen molar-refractivity contribution in [3.05, 3.63) is 0 Å². The molecule has 0 aromatic heterocycles. The first-order chi connectivity index (χ1) is 14.1. The third kappa shape index (κ3) is 7.48. The zero-order valence-corrected chi connectivity index (χ0v) is 16.9. The Hall–Kier alpha value is -2.93. The van der Waals surface area contributed by atoms with Gasteiger partial charge >= 0.3 is 5.97 Å². The second-order valence-electron chi connectivity index (χ2n) is 7.06. The molecule has 0 radical (unpaired) electrons. The highest BCUT2D eigenvalue weighted by Gasteiger charge is 2.37. The Morgan fingerprint density at radius 2 is 1.90 bits per heavy atom. The van der Waals surface area contributed by atoms with Crippen molar-refractivity contribution in [2.24, 2.45) is 22.2 Å². The maximum absolute atomic E-state index is 12.5. The number of nitrogens with zero attached hydrogens (tertiary/aromatic N) is 2. The molecule has 0 aliphatic carbocycles. The molecule has 0 aromatic rings. The summed E-state index contributed by atoms with van der Waals surface area (Å²) in [5.41, 5.74) is 15.9. The van der Waals surface area contributed by atoms with Crippen LogP contribution in [0.15, 0.2) is 4.99 Å². The van der Waals surface area contributed by atoms with Crippen LogP contribution in [0.25, 0.3) is 0 Å². The molecule has 13 heteroatoms. The van der Waals surface area contributed by atoms with Crippen LogP contribution >= 0.6 is 0 Å². The van der Waals surface area contributed by atoms with Gasteiger partial charge in [-0.3, -0.25) is 19.4 Å². The van der Waals surface area contributed by atoms with Gasteiger partial charge in [-0.1, -0.05) is 0 Å². The maximum atomic E-state index is 12.5. The van der Waals surface area contributed by atoms with E-state index >= 15 is 0 Å². The number of aliphatic hydroxyl groups excluding tert-OH is 1. The van der Waals surface area contributed by atoms with E-state index in [4.69, 9.17) is 22.3 Å². The summed E-state index contributed by atoms with van der Waals surface area (Å²) in [6.07, 6.45) is 1.41. The van der Waals surface area contributed by atoms with Crippen LogP contribution in [0.1, 0.15) is 32.6 Å². The predicted octanol–water partition coefficient (Wildman–Crippen LogP) is -3.58. The number of guanidine groups is 1. The second kappa shape index (κ2) is 11.9. The van der Waals surface area contributed by atoms with Gasteiger partial charge in [-0.05, 0) is 32.6 Å². The monoisotopic (exact) mass is 429 g/mol. The second-order valence-corrected chi connectivity index (χ2v) is 7.06. The van der Waals surface area contributed by atoms with Crippen LogP contribution in [0.5, 0.6) is 0 Å². The summed E-state index contributed by atoms with van der Waals surface area (Å²) in [6, 6.07) is -4.12. The largest absolute Gasteiger partial charge is 0.480 e. The van der Waals surface area contributed by atoms with Crippen molar-refractivity contribution in [3.63, 3.8) is 0 Å². The zero-order valence-electron chi connectivity index (χ0n) is 16.9. The summed E-state index contributed by atoms with van der Waals surface area (Å²) in [7, 11) is 0. The van der Waals surface area contributed by atoms with Gasteiger partial charge in [0.25, 0.3) is 0 Å². The van der Waals surface area contributed by atoms with Gasteiger partial charge in [0.15, 0.2) is 5.96 Å². The van der Waals surface area contributed by atoms with Gasteiger partial charge in [-0.25, -0.2) is 4.79 Å². The number of aliphatic carboxylic acids is 1. The predicted molar refractivity (Wildman–Crippen MR) is 107 cm³/mol. The van der Waals surface area contributed by atoms with E-state index in [0.717, 1.165) is 0 Å². The van der Waals surface area contributed by atoms with Gasteiger partial charge in [0.2, 0.25) is 17.7 Å². The highest BCUT2D eigenvalue weighted by atomic mass is 16.4. The van der Waals surface area contributed by atoms with E-state index in [2.05, 4.69) is 15.6 Å². The lowest BCUT2D eigenvalue weighted by molar-refractivity contribution is -0.143. The first-order valence-corrected chi connectivity index (χ1v) is 9.64. The van der Waals surface area contributed by atoms with Gasteiger partial charge in [0, 0.05) is 13.1 Å². The van der Waals surface area contributed by atoms with E-state index in [1.807, 2.05) is 0 Å². The number of carbonyl (C=O) groups is 4. The normalized spacial score (nSPS) is 18.8. The van der Waals surface area contributed by atoms with Crippen LogP contribution in [0, 0.1) is 0 Å². The lowest BCUT2D eigenvalue weighted by Gasteiger charge is -2.27.